The molecule has 8 heteroatoms. The number of nitrogens with one attached hydrogen (secondary N) is 2. The number of likely N-dealkylation sites (N-methyl/N-ethyl adjacent to an activating group) is 1. The molecule has 3 heterocycles. The largest absolute Gasteiger partial charge is 0.369 e. The molecular weight excluding hydrogens is 436 g/mol. The van der Waals surface area contributed by atoms with Gasteiger partial charge in [-0.15, -0.1) is 0 Å². The average molecular weight is 471 g/mol. The van der Waals surface area contributed by atoms with Crippen molar-refractivity contribution in [2.24, 2.45) is 0 Å². The first-order chi connectivity index (χ1) is 17.2. The van der Waals surface area contributed by atoms with Gasteiger partial charge in [-0.25, -0.2) is 0 Å². The summed E-state index contributed by atoms with van der Waals surface area (Å²) < 4.78 is 0. The first-order valence-corrected chi connectivity index (χ1v) is 12.5. The van der Waals surface area contributed by atoms with E-state index in [4.69, 9.17) is 9.97 Å². The Kier molecular flexibility index (Phi) is 7.38. The van der Waals surface area contributed by atoms with Crippen molar-refractivity contribution < 1.29 is 0 Å². The highest BCUT2D eigenvalue weighted by Crippen LogP contribution is 2.21. The smallest absolute Gasteiger partial charge is 0.233 e. The van der Waals surface area contributed by atoms with Crippen LogP contribution in [0.4, 0.5) is 29.2 Å². The summed E-state index contributed by atoms with van der Waals surface area (Å²) in [7, 11) is 2.18. The van der Waals surface area contributed by atoms with E-state index in [0.717, 1.165) is 50.5 Å². The van der Waals surface area contributed by atoms with E-state index >= 15 is 0 Å². The van der Waals surface area contributed by atoms with Gasteiger partial charge in [-0.05, 0) is 62.2 Å². The number of piperidine rings is 1. The van der Waals surface area contributed by atoms with Crippen molar-refractivity contribution in [3.63, 3.8) is 0 Å². The highest BCUT2D eigenvalue weighted by atomic mass is 15.3. The van der Waals surface area contributed by atoms with E-state index in [-0.39, 0.29) is 0 Å². The fourth-order valence-electron chi connectivity index (χ4n) is 4.44. The number of piperazine rings is 1. The maximum atomic E-state index is 4.70. The number of benzene rings is 2. The van der Waals surface area contributed by atoms with Gasteiger partial charge in [-0.3, -0.25) is 0 Å². The summed E-state index contributed by atoms with van der Waals surface area (Å²) in [5.74, 6) is 1.79. The van der Waals surface area contributed by atoms with Crippen LogP contribution in [0.3, 0.4) is 0 Å². The minimum Gasteiger partial charge on any atom is -0.369 e. The number of anilines is 5. The Morgan fingerprint density at radius 3 is 2.17 bits per heavy atom. The van der Waals surface area contributed by atoms with Crippen molar-refractivity contribution in [2.75, 3.05) is 66.7 Å². The molecule has 2 fully saturated rings. The third kappa shape index (κ3) is 6.27. The second-order valence-corrected chi connectivity index (χ2v) is 9.18. The third-order valence-corrected chi connectivity index (χ3v) is 6.54. The van der Waals surface area contributed by atoms with Crippen molar-refractivity contribution in [3.05, 3.63) is 66.4 Å². The second-order valence-electron chi connectivity index (χ2n) is 9.18. The van der Waals surface area contributed by atoms with Crippen LogP contribution in [0.1, 0.15) is 24.8 Å². The summed E-state index contributed by atoms with van der Waals surface area (Å²) in [5, 5.41) is 6.57. The van der Waals surface area contributed by atoms with Gasteiger partial charge in [-0.2, -0.15) is 15.0 Å². The summed E-state index contributed by atoms with van der Waals surface area (Å²) in [5.41, 5.74) is 3.36. The summed E-state index contributed by atoms with van der Waals surface area (Å²) in [6.45, 7) is 6.32. The molecule has 0 aliphatic carbocycles. The van der Waals surface area contributed by atoms with Crippen molar-refractivity contribution in [3.8, 4) is 0 Å². The normalized spacial score (nSPS) is 17.1. The van der Waals surface area contributed by atoms with E-state index in [2.05, 4.69) is 61.6 Å². The number of rotatable bonds is 7. The van der Waals surface area contributed by atoms with Crippen LogP contribution in [0.15, 0.2) is 60.8 Å². The third-order valence-electron chi connectivity index (χ3n) is 6.54. The highest BCUT2D eigenvalue weighted by Gasteiger charge is 2.16. The lowest BCUT2D eigenvalue weighted by molar-refractivity contribution is 0.313. The second kappa shape index (κ2) is 11.2. The predicted octanol–water partition coefficient (Wildman–Crippen LogP) is 4.44. The maximum Gasteiger partial charge on any atom is 0.233 e. The van der Waals surface area contributed by atoms with E-state index in [1.807, 2.05) is 42.6 Å². The van der Waals surface area contributed by atoms with Gasteiger partial charge in [0.1, 0.15) is 0 Å². The van der Waals surface area contributed by atoms with Crippen molar-refractivity contribution in [1.82, 2.24) is 19.9 Å². The van der Waals surface area contributed by atoms with Crippen LogP contribution in [-0.2, 0) is 0 Å². The molecule has 2 aliphatic rings. The number of aromatic nitrogens is 3. The number of nitrogens with zero attached hydrogens (tertiary/aromatic N) is 6. The van der Waals surface area contributed by atoms with Gasteiger partial charge >= 0.3 is 0 Å². The molecule has 2 N–H and O–H groups in total. The standard InChI is InChI=1S/C27H34N8/c1-33-18-20-34(21-19-33)24-12-10-22(11-13-24)14-15-28-25-30-26(29-23-8-4-2-5-9-23)32-27(31-25)35-16-6-3-7-17-35/h2,4-5,8-15H,3,6-7,16-21H2,1H3,(H2,28,29,30,31,32)/b15-14+. The molecule has 0 spiro atoms. The van der Waals surface area contributed by atoms with Gasteiger partial charge in [-0.1, -0.05) is 30.3 Å². The molecule has 2 aromatic carbocycles. The van der Waals surface area contributed by atoms with Gasteiger partial charge in [0.25, 0.3) is 0 Å². The summed E-state index contributed by atoms with van der Waals surface area (Å²) >= 11 is 0. The minimum absolute atomic E-state index is 0.532. The fourth-order valence-corrected chi connectivity index (χ4v) is 4.44. The van der Waals surface area contributed by atoms with Crippen LogP contribution >= 0.6 is 0 Å². The Bertz CT molecular complexity index is 1100. The van der Waals surface area contributed by atoms with E-state index in [1.165, 1.54) is 24.9 Å². The quantitative estimate of drug-likeness (QED) is 0.525. The molecule has 0 radical (unpaired) electrons. The molecule has 2 saturated heterocycles. The SMILES string of the molecule is CN1CCN(c2ccc(/C=C/Nc3nc(Nc4ccccc4)nc(N4CCCCC4)n3)cc2)CC1. The molecule has 35 heavy (non-hydrogen) atoms. The van der Waals surface area contributed by atoms with Crippen molar-refractivity contribution in [2.45, 2.75) is 19.3 Å². The Balaban J connectivity index is 1.28. The van der Waals surface area contributed by atoms with Crippen LogP contribution in [-0.4, -0.2) is 66.2 Å². The fraction of sp³-hybridized carbons (Fsp3) is 0.370. The zero-order valence-corrected chi connectivity index (χ0v) is 20.4. The van der Waals surface area contributed by atoms with E-state index in [9.17, 15) is 0 Å². The molecule has 1 aromatic heterocycles. The van der Waals surface area contributed by atoms with Gasteiger partial charge in [0.15, 0.2) is 0 Å². The molecule has 5 rings (SSSR count). The molecule has 0 saturated carbocycles. The summed E-state index contributed by atoms with van der Waals surface area (Å²) in [4.78, 5) is 21.1. The lowest BCUT2D eigenvalue weighted by Crippen LogP contribution is -2.44. The Morgan fingerprint density at radius 1 is 0.714 bits per heavy atom. The van der Waals surface area contributed by atoms with Gasteiger partial charge < -0.3 is 25.3 Å². The van der Waals surface area contributed by atoms with Crippen LogP contribution in [0.25, 0.3) is 6.08 Å². The lowest BCUT2D eigenvalue weighted by atomic mass is 10.1. The monoisotopic (exact) mass is 470 g/mol. The van der Waals surface area contributed by atoms with Gasteiger partial charge in [0, 0.05) is 56.8 Å². The van der Waals surface area contributed by atoms with Crippen LogP contribution < -0.4 is 20.4 Å². The van der Waals surface area contributed by atoms with Gasteiger partial charge in [0.2, 0.25) is 17.8 Å². The summed E-state index contributed by atoms with van der Waals surface area (Å²) in [6.07, 6.45) is 7.53. The van der Waals surface area contributed by atoms with Crippen molar-refractivity contribution in [1.29, 1.82) is 0 Å². The van der Waals surface area contributed by atoms with Gasteiger partial charge in [0.05, 0.1) is 0 Å². The van der Waals surface area contributed by atoms with Crippen molar-refractivity contribution >= 4 is 35.3 Å². The van der Waals surface area contributed by atoms with Crippen LogP contribution in [0.5, 0.6) is 0 Å². The molecule has 0 unspecified atom stereocenters. The zero-order valence-electron chi connectivity index (χ0n) is 20.4. The predicted molar refractivity (Wildman–Crippen MR) is 144 cm³/mol. The van der Waals surface area contributed by atoms with E-state index < -0.39 is 0 Å². The molecular formula is C27H34N8. The molecule has 0 atom stereocenters. The molecule has 8 nitrogen and oxygen atoms in total. The van der Waals surface area contributed by atoms with E-state index in [0.29, 0.717) is 17.8 Å². The molecule has 182 valence electrons. The van der Waals surface area contributed by atoms with E-state index in [1.54, 1.807) is 0 Å². The molecule has 2 aliphatic heterocycles. The highest BCUT2D eigenvalue weighted by molar-refractivity contribution is 5.59. The van der Waals surface area contributed by atoms with Crippen LogP contribution in [0.2, 0.25) is 0 Å². The maximum absolute atomic E-state index is 4.70. The molecule has 3 aromatic rings. The number of hydrogen-bond acceptors (Lipinski definition) is 8. The first-order valence-electron chi connectivity index (χ1n) is 12.5. The minimum atomic E-state index is 0.532. The number of para-hydroxylation sites is 1. The Hall–Kier alpha value is -3.65. The Labute approximate surface area is 207 Å². The average Bonchev–Trinajstić information content (AvgIpc) is 2.91. The first kappa shape index (κ1) is 23.1. The topological polar surface area (TPSA) is 72.5 Å². The number of hydrogen-bond donors (Lipinski definition) is 2. The lowest BCUT2D eigenvalue weighted by Gasteiger charge is -2.34. The Morgan fingerprint density at radius 2 is 1.43 bits per heavy atom. The summed E-state index contributed by atoms with van der Waals surface area (Å²) in [6, 6.07) is 18.7. The zero-order chi connectivity index (χ0) is 23.9. The van der Waals surface area contributed by atoms with Crippen LogP contribution in [0, 0.1) is 0 Å². The molecule has 0 amide bonds. The molecule has 0 bridgehead atoms.